The van der Waals surface area contributed by atoms with Gasteiger partial charge in [-0.15, -0.1) is 11.6 Å². The lowest BCUT2D eigenvalue weighted by Crippen LogP contribution is -2.33. The Balaban J connectivity index is 3.54. The van der Waals surface area contributed by atoms with Crippen molar-refractivity contribution in [2.75, 3.05) is 0 Å². The second-order valence-corrected chi connectivity index (χ2v) is 3.68. The topological polar surface area (TPSA) is 26.0 Å². The lowest BCUT2D eigenvalue weighted by molar-refractivity contribution is 0.678. The van der Waals surface area contributed by atoms with Gasteiger partial charge in [-0.25, -0.2) is 0 Å². The van der Waals surface area contributed by atoms with Gasteiger partial charge in [-0.05, 0) is 13.8 Å². The minimum atomic E-state index is -0.365. The fourth-order valence-corrected chi connectivity index (χ4v) is 0. The largest absolute Gasteiger partial charge is 0.314 e. The molecule has 3 heteroatoms. The van der Waals surface area contributed by atoms with E-state index in [1.54, 1.807) is 0 Å². The summed E-state index contributed by atoms with van der Waals surface area (Å²) in [5.74, 6) is 0. The first-order chi connectivity index (χ1) is 2.94. The molecule has 2 N–H and O–H groups in total. The highest BCUT2D eigenvalue weighted by Gasteiger charge is 2.18. The second-order valence-electron chi connectivity index (χ2n) is 2.06. The van der Waals surface area contributed by atoms with E-state index < -0.39 is 0 Å². The third-order valence-corrected chi connectivity index (χ3v) is 1.65. The summed E-state index contributed by atoms with van der Waals surface area (Å²) in [6.07, 6.45) is 0. The summed E-state index contributed by atoms with van der Waals surface area (Å²) < 4.78 is -0.262. The Morgan fingerprint density at radius 2 is 1.86 bits per heavy atom. The van der Waals surface area contributed by atoms with Gasteiger partial charge in [0.25, 0.3) is 0 Å². The lowest BCUT2D eigenvalue weighted by atomic mass is 10.2. The number of hydrogen-bond acceptors (Lipinski definition) is 2. The molecule has 0 saturated heterocycles. The van der Waals surface area contributed by atoms with Gasteiger partial charge in [0.1, 0.15) is 0 Å². The van der Waals surface area contributed by atoms with Crippen molar-refractivity contribution in [1.82, 2.24) is 0 Å². The van der Waals surface area contributed by atoms with Crippen molar-refractivity contribution < 1.29 is 0 Å². The molecule has 0 aliphatic heterocycles. The molecular weight excluding hydrogens is 130 g/mol. The number of rotatable bonds is 1. The molecule has 0 radical (unpaired) electrons. The molecule has 1 nitrogen and oxygen atoms in total. The summed E-state index contributed by atoms with van der Waals surface area (Å²) in [7, 11) is 0. The van der Waals surface area contributed by atoms with Crippen LogP contribution in [0.4, 0.5) is 0 Å². The lowest BCUT2D eigenvalue weighted by Gasteiger charge is -2.18. The molecule has 0 aromatic carbocycles. The van der Waals surface area contributed by atoms with E-state index in [2.05, 4.69) is 12.6 Å². The van der Waals surface area contributed by atoms with Crippen LogP contribution in [0.15, 0.2) is 0 Å². The van der Waals surface area contributed by atoms with E-state index in [4.69, 9.17) is 17.3 Å². The van der Waals surface area contributed by atoms with Crippen LogP contribution in [0.5, 0.6) is 0 Å². The molecule has 0 heterocycles. The number of alkyl halides is 1. The van der Waals surface area contributed by atoms with Gasteiger partial charge in [0.15, 0.2) is 0 Å². The van der Waals surface area contributed by atoms with E-state index in [1.165, 1.54) is 0 Å². The molecule has 0 saturated carbocycles. The molecule has 0 aliphatic carbocycles. The SMILES string of the molecule is CC(C)(S)C(N)Cl. The van der Waals surface area contributed by atoms with Crippen LogP contribution in [0.25, 0.3) is 0 Å². The highest BCUT2D eigenvalue weighted by molar-refractivity contribution is 7.81. The first-order valence-electron chi connectivity index (χ1n) is 2.06. The molecule has 0 aromatic heterocycles. The maximum atomic E-state index is 5.46. The first-order valence-corrected chi connectivity index (χ1v) is 2.95. The summed E-state index contributed by atoms with van der Waals surface area (Å²) in [5, 5.41) is 0. The fourth-order valence-electron chi connectivity index (χ4n) is 0. The molecule has 0 aromatic rings. The maximum Gasteiger partial charge on any atom is 0.0941 e. The Bertz CT molecular complexity index is 57.2. The molecular formula is C4H10ClNS. The van der Waals surface area contributed by atoms with Gasteiger partial charge in [-0.1, -0.05) is 0 Å². The normalized spacial score (nSPS) is 16.7. The third kappa shape index (κ3) is 3.21. The number of nitrogens with two attached hydrogens (primary N) is 1. The zero-order valence-corrected chi connectivity index (χ0v) is 6.13. The van der Waals surface area contributed by atoms with Crippen molar-refractivity contribution in [3.8, 4) is 0 Å². The Hall–Kier alpha value is 0.600. The van der Waals surface area contributed by atoms with Gasteiger partial charge in [-0.2, -0.15) is 12.6 Å². The number of hydrogen-bond donors (Lipinski definition) is 2. The van der Waals surface area contributed by atoms with Crippen LogP contribution in [0, 0.1) is 0 Å². The van der Waals surface area contributed by atoms with Crippen LogP contribution >= 0.6 is 24.2 Å². The van der Waals surface area contributed by atoms with E-state index in [-0.39, 0.29) is 10.2 Å². The zero-order chi connectivity index (χ0) is 6.08. The number of halogens is 1. The molecule has 0 bridgehead atoms. The molecule has 7 heavy (non-hydrogen) atoms. The quantitative estimate of drug-likeness (QED) is 0.319. The van der Waals surface area contributed by atoms with Crippen LogP contribution in [0.2, 0.25) is 0 Å². The van der Waals surface area contributed by atoms with Crippen molar-refractivity contribution >= 4 is 24.2 Å². The Morgan fingerprint density at radius 3 is 1.86 bits per heavy atom. The average molecular weight is 140 g/mol. The summed E-state index contributed by atoms with van der Waals surface area (Å²) >= 11 is 9.55. The van der Waals surface area contributed by atoms with Gasteiger partial charge >= 0.3 is 0 Å². The second kappa shape index (κ2) is 2.25. The van der Waals surface area contributed by atoms with Crippen LogP contribution in [-0.2, 0) is 0 Å². The van der Waals surface area contributed by atoms with E-state index in [0.717, 1.165) is 0 Å². The Morgan fingerprint density at radius 1 is 1.71 bits per heavy atom. The zero-order valence-electron chi connectivity index (χ0n) is 4.48. The summed E-state index contributed by atoms with van der Waals surface area (Å²) in [6, 6.07) is 0. The fraction of sp³-hybridized carbons (Fsp3) is 1.00. The summed E-state index contributed by atoms with van der Waals surface area (Å²) in [5.41, 5.74) is 4.89. The van der Waals surface area contributed by atoms with E-state index in [1.807, 2.05) is 13.8 Å². The van der Waals surface area contributed by atoms with E-state index in [9.17, 15) is 0 Å². The monoisotopic (exact) mass is 139 g/mol. The molecule has 44 valence electrons. The van der Waals surface area contributed by atoms with Crippen LogP contribution in [-0.4, -0.2) is 10.2 Å². The Kier molecular flexibility index (Phi) is 2.44. The van der Waals surface area contributed by atoms with Crippen molar-refractivity contribution in [3.63, 3.8) is 0 Å². The van der Waals surface area contributed by atoms with Gasteiger partial charge in [0.2, 0.25) is 0 Å². The van der Waals surface area contributed by atoms with Crippen LogP contribution in [0.1, 0.15) is 13.8 Å². The van der Waals surface area contributed by atoms with Crippen LogP contribution in [0.3, 0.4) is 0 Å². The molecule has 1 unspecified atom stereocenters. The van der Waals surface area contributed by atoms with Gasteiger partial charge in [0.05, 0.1) is 5.50 Å². The minimum absolute atomic E-state index is 0.262. The van der Waals surface area contributed by atoms with E-state index >= 15 is 0 Å². The standard InChI is InChI=1S/C4H10ClNS/c1-4(2,7)3(5)6/h3,7H,6H2,1-2H3. The van der Waals surface area contributed by atoms with E-state index in [0.29, 0.717) is 0 Å². The van der Waals surface area contributed by atoms with Gasteiger partial charge in [-0.3, -0.25) is 0 Å². The van der Waals surface area contributed by atoms with Crippen molar-refractivity contribution in [2.24, 2.45) is 5.73 Å². The Labute approximate surface area is 54.6 Å². The molecule has 0 spiro atoms. The van der Waals surface area contributed by atoms with Gasteiger partial charge in [0, 0.05) is 4.75 Å². The number of thiol groups is 1. The maximum absolute atomic E-state index is 5.46. The van der Waals surface area contributed by atoms with Crippen molar-refractivity contribution in [3.05, 3.63) is 0 Å². The smallest absolute Gasteiger partial charge is 0.0941 e. The third-order valence-electron chi connectivity index (χ3n) is 0.675. The van der Waals surface area contributed by atoms with Gasteiger partial charge < -0.3 is 5.73 Å². The van der Waals surface area contributed by atoms with Crippen molar-refractivity contribution in [2.45, 2.75) is 24.1 Å². The molecule has 0 rings (SSSR count). The molecule has 0 amide bonds. The average Bonchev–Trinajstić information content (AvgIpc) is 1.31. The minimum Gasteiger partial charge on any atom is -0.314 e. The molecule has 0 aliphatic rings. The summed E-state index contributed by atoms with van der Waals surface area (Å²) in [6.45, 7) is 3.74. The van der Waals surface area contributed by atoms with Crippen LogP contribution < -0.4 is 5.73 Å². The van der Waals surface area contributed by atoms with Crippen molar-refractivity contribution in [1.29, 1.82) is 0 Å². The molecule has 0 fully saturated rings. The molecule has 1 atom stereocenters. The highest BCUT2D eigenvalue weighted by atomic mass is 35.5. The predicted octanol–water partition coefficient (Wildman–Crippen LogP) is 1.22. The first kappa shape index (κ1) is 7.60. The predicted molar refractivity (Wildman–Crippen MR) is 36.9 cm³/mol. The highest BCUT2D eigenvalue weighted by Crippen LogP contribution is 2.17. The summed E-state index contributed by atoms with van der Waals surface area (Å²) in [4.78, 5) is 0.